The maximum absolute atomic E-state index is 13.4. The summed E-state index contributed by atoms with van der Waals surface area (Å²) in [5.41, 5.74) is 3.80. The fourth-order valence-electron chi connectivity index (χ4n) is 3.90. The molecule has 3 heterocycles. The molecular weight excluding hydrogens is 395 g/mol. The highest BCUT2D eigenvalue weighted by Gasteiger charge is 2.32. The first-order valence-electron chi connectivity index (χ1n) is 10.2. The molecule has 1 atom stereocenters. The van der Waals surface area contributed by atoms with E-state index in [9.17, 15) is 9.18 Å². The molecule has 31 heavy (non-hydrogen) atoms. The Balaban J connectivity index is 1.65. The van der Waals surface area contributed by atoms with Gasteiger partial charge in [0, 0.05) is 51.1 Å². The summed E-state index contributed by atoms with van der Waals surface area (Å²) in [5.74, 6) is 0.954. The molecule has 8 heteroatoms. The number of halogens is 1. The van der Waals surface area contributed by atoms with Crippen LogP contribution in [0.2, 0.25) is 0 Å². The van der Waals surface area contributed by atoms with Gasteiger partial charge in [-0.05, 0) is 38.0 Å². The minimum atomic E-state index is -0.288. The molecule has 0 aliphatic carbocycles. The summed E-state index contributed by atoms with van der Waals surface area (Å²) in [4.78, 5) is 34.5. The maximum Gasteiger partial charge on any atom is 0.257 e. The number of hydrogen-bond acceptors (Lipinski definition) is 6. The van der Waals surface area contributed by atoms with E-state index in [1.54, 1.807) is 24.5 Å². The van der Waals surface area contributed by atoms with Gasteiger partial charge < -0.3 is 9.80 Å². The second kappa shape index (κ2) is 8.37. The number of carbonyl (C=O) groups is 1. The standard InChI is InChI=1S/C23H25FN6O/c1-14-19(11-25-15(2)27-14)22(31)30-10-9-17(13-30)21-20(12-26-23(28-21)29(3)4)16-5-7-18(24)8-6-16/h5-8,11-12,17H,9-10,13H2,1-4H3. The molecule has 0 spiro atoms. The van der Waals surface area contributed by atoms with Gasteiger partial charge in [-0.2, -0.15) is 0 Å². The zero-order chi connectivity index (χ0) is 22.1. The number of anilines is 1. The molecule has 1 aromatic carbocycles. The lowest BCUT2D eigenvalue weighted by Gasteiger charge is -2.20. The first-order valence-corrected chi connectivity index (χ1v) is 10.2. The molecule has 1 saturated heterocycles. The molecule has 160 valence electrons. The molecule has 0 N–H and O–H groups in total. The van der Waals surface area contributed by atoms with Gasteiger partial charge in [0.15, 0.2) is 0 Å². The van der Waals surface area contributed by atoms with Crippen LogP contribution in [0.5, 0.6) is 0 Å². The lowest BCUT2D eigenvalue weighted by atomic mass is 9.96. The van der Waals surface area contributed by atoms with Crippen molar-refractivity contribution in [1.82, 2.24) is 24.8 Å². The number of aromatic nitrogens is 4. The summed E-state index contributed by atoms with van der Waals surface area (Å²) in [6.45, 7) is 4.81. The van der Waals surface area contributed by atoms with Gasteiger partial charge in [-0.3, -0.25) is 4.79 Å². The number of benzene rings is 1. The van der Waals surface area contributed by atoms with E-state index in [0.717, 1.165) is 23.2 Å². The van der Waals surface area contributed by atoms with Gasteiger partial charge >= 0.3 is 0 Å². The summed E-state index contributed by atoms with van der Waals surface area (Å²) in [7, 11) is 3.78. The topological polar surface area (TPSA) is 75.1 Å². The van der Waals surface area contributed by atoms with Crippen molar-refractivity contribution in [1.29, 1.82) is 0 Å². The minimum Gasteiger partial charge on any atom is -0.347 e. The Labute approximate surface area is 181 Å². The van der Waals surface area contributed by atoms with Gasteiger partial charge in [0.1, 0.15) is 11.6 Å². The van der Waals surface area contributed by atoms with E-state index in [4.69, 9.17) is 4.98 Å². The summed E-state index contributed by atoms with van der Waals surface area (Å²) < 4.78 is 13.4. The van der Waals surface area contributed by atoms with Gasteiger partial charge in [-0.1, -0.05) is 12.1 Å². The van der Waals surface area contributed by atoms with E-state index in [1.165, 1.54) is 12.1 Å². The smallest absolute Gasteiger partial charge is 0.257 e. The molecule has 1 amide bonds. The largest absolute Gasteiger partial charge is 0.347 e. The number of aryl methyl sites for hydroxylation is 2. The number of nitrogens with zero attached hydrogens (tertiary/aromatic N) is 6. The summed E-state index contributed by atoms with van der Waals surface area (Å²) in [5, 5.41) is 0. The highest BCUT2D eigenvalue weighted by atomic mass is 19.1. The van der Waals surface area contributed by atoms with Crippen LogP contribution in [-0.2, 0) is 0 Å². The summed E-state index contributed by atoms with van der Waals surface area (Å²) in [6, 6.07) is 6.34. The Hall–Kier alpha value is -3.42. The second-order valence-electron chi connectivity index (χ2n) is 8.02. The number of carbonyl (C=O) groups excluding carboxylic acids is 1. The maximum atomic E-state index is 13.4. The van der Waals surface area contributed by atoms with Crippen molar-refractivity contribution in [3.8, 4) is 11.1 Å². The van der Waals surface area contributed by atoms with E-state index in [-0.39, 0.29) is 17.6 Å². The molecule has 0 bridgehead atoms. The molecule has 0 radical (unpaired) electrons. The number of rotatable bonds is 4. The Kier molecular flexibility index (Phi) is 5.63. The Bertz CT molecular complexity index is 1120. The molecular formula is C23H25FN6O. The SMILES string of the molecule is Cc1ncc(C(=O)N2CCC(c3nc(N(C)C)ncc3-c3ccc(F)cc3)C2)c(C)n1. The molecule has 0 saturated carbocycles. The van der Waals surface area contributed by atoms with E-state index in [0.29, 0.717) is 36.1 Å². The van der Waals surface area contributed by atoms with E-state index in [1.807, 2.05) is 37.7 Å². The Morgan fingerprint density at radius 3 is 2.52 bits per heavy atom. The van der Waals surface area contributed by atoms with Gasteiger partial charge in [0.2, 0.25) is 5.95 Å². The Morgan fingerprint density at radius 2 is 1.84 bits per heavy atom. The van der Waals surface area contributed by atoms with Crippen molar-refractivity contribution in [3.63, 3.8) is 0 Å². The predicted molar refractivity (Wildman–Crippen MR) is 117 cm³/mol. The quantitative estimate of drug-likeness (QED) is 0.644. The lowest BCUT2D eigenvalue weighted by Crippen LogP contribution is -2.29. The predicted octanol–water partition coefficient (Wildman–Crippen LogP) is 3.39. The van der Waals surface area contributed by atoms with Crippen molar-refractivity contribution >= 4 is 11.9 Å². The lowest BCUT2D eigenvalue weighted by molar-refractivity contribution is 0.0789. The van der Waals surface area contributed by atoms with Crippen LogP contribution in [0.4, 0.5) is 10.3 Å². The molecule has 1 fully saturated rings. The normalized spacial score (nSPS) is 15.9. The zero-order valence-corrected chi connectivity index (χ0v) is 18.1. The highest BCUT2D eigenvalue weighted by molar-refractivity contribution is 5.95. The fourth-order valence-corrected chi connectivity index (χ4v) is 3.90. The summed E-state index contributed by atoms with van der Waals surface area (Å²) >= 11 is 0. The zero-order valence-electron chi connectivity index (χ0n) is 18.1. The van der Waals surface area contributed by atoms with Crippen LogP contribution in [0.15, 0.2) is 36.7 Å². The molecule has 1 unspecified atom stereocenters. The van der Waals surface area contributed by atoms with Crippen molar-refractivity contribution < 1.29 is 9.18 Å². The van der Waals surface area contributed by atoms with Crippen LogP contribution in [0, 0.1) is 19.7 Å². The van der Waals surface area contributed by atoms with E-state index >= 15 is 0 Å². The van der Waals surface area contributed by atoms with E-state index in [2.05, 4.69) is 15.0 Å². The average Bonchev–Trinajstić information content (AvgIpc) is 3.24. The first kappa shape index (κ1) is 20.8. The number of amides is 1. The van der Waals surface area contributed by atoms with E-state index < -0.39 is 0 Å². The van der Waals surface area contributed by atoms with Crippen LogP contribution in [0.1, 0.15) is 39.9 Å². The number of hydrogen-bond donors (Lipinski definition) is 0. The highest BCUT2D eigenvalue weighted by Crippen LogP contribution is 2.34. The monoisotopic (exact) mass is 420 g/mol. The van der Waals surface area contributed by atoms with Crippen molar-refractivity contribution in [2.24, 2.45) is 0 Å². The third-order valence-electron chi connectivity index (χ3n) is 5.55. The van der Waals surface area contributed by atoms with Crippen molar-refractivity contribution in [2.45, 2.75) is 26.2 Å². The Morgan fingerprint density at radius 1 is 1.10 bits per heavy atom. The molecule has 3 aromatic rings. The molecule has 1 aliphatic rings. The van der Waals surface area contributed by atoms with Crippen molar-refractivity contribution in [2.75, 3.05) is 32.1 Å². The van der Waals surface area contributed by atoms with Crippen LogP contribution in [0.25, 0.3) is 11.1 Å². The van der Waals surface area contributed by atoms with Crippen LogP contribution < -0.4 is 4.90 Å². The second-order valence-corrected chi connectivity index (χ2v) is 8.02. The summed E-state index contributed by atoms with van der Waals surface area (Å²) in [6.07, 6.45) is 4.18. The van der Waals surface area contributed by atoms with Crippen LogP contribution in [-0.4, -0.2) is 57.9 Å². The van der Waals surface area contributed by atoms with Crippen LogP contribution in [0.3, 0.4) is 0 Å². The number of likely N-dealkylation sites (tertiary alicyclic amines) is 1. The van der Waals surface area contributed by atoms with Gasteiger partial charge in [-0.25, -0.2) is 24.3 Å². The third-order valence-corrected chi connectivity index (χ3v) is 5.55. The molecule has 4 rings (SSSR count). The minimum absolute atomic E-state index is 0.0531. The molecule has 1 aliphatic heterocycles. The van der Waals surface area contributed by atoms with Crippen LogP contribution >= 0.6 is 0 Å². The van der Waals surface area contributed by atoms with Gasteiger partial charge in [0.25, 0.3) is 5.91 Å². The average molecular weight is 420 g/mol. The van der Waals surface area contributed by atoms with Gasteiger partial charge in [0.05, 0.1) is 17.0 Å². The first-order chi connectivity index (χ1) is 14.8. The van der Waals surface area contributed by atoms with Gasteiger partial charge in [-0.15, -0.1) is 0 Å². The van der Waals surface area contributed by atoms with Crippen molar-refractivity contribution in [3.05, 3.63) is 65.3 Å². The molecule has 7 nitrogen and oxygen atoms in total. The fraction of sp³-hybridized carbons (Fsp3) is 0.348. The molecule has 2 aromatic heterocycles. The third kappa shape index (κ3) is 4.23.